The van der Waals surface area contributed by atoms with E-state index in [9.17, 15) is 9.70 Å². The average molecular weight is 218 g/mol. The van der Waals surface area contributed by atoms with Crippen molar-refractivity contribution >= 4 is 5.97 Å². The van der Waals surface area contributed by atoms with Crippen LogP contribution in [0.1, 0.15) is 13.8 Å². The van der Waals surface area contributed by atoms with E-state index < -0.39 is 5.97 Å². The van der Waals surface area contributed by atoms with Crippen molar-refractivity contribution in [3.63, 3.8) is 0 Å². The van der Waals surface area contributed by atoms with Crippen LogP contribution in [0, 0.1) is 11.2 Å². The molecule has 0 saturated heterocycles. The molecule has 5 nitrogen and oxygen atoms in total. The monoisotopic (exact) mass is 217 g/mol. The molecule has 0 saturated carbocycles. The number of hydrogen-bond donors (Lipinski definition) is 0. The summed E-state index contributed by atoms with van der Waals surface area (Å²) >= 11 is 0. The van der Waals surface area contributed by atoms with E-state index >= 15 is 0 Å². The number of hydrogen-bond acceptors (Lipinski definition) is 5. The van der Waals surface area contributed by atoms with Crippen molar-refractivity contribution in [3.8, 4) is 0 Å². The summed E-state index contributed by atoms with van der Waals surface area (Å²) in [4.78, 5) is 23.3. The van der Waals surface area contributed by atoms with Crippen LogP contribution in [-0.4, -0.2) is 5.97 Å². The number of carbonyl (C=O) groups is 1. The van der Waals surface area contributed by atoms with Gasteiger partial charge < -0.3 is 9.57 Å². The summed E-state index contributed by atoms with van der Waals surface area (Å²) in [7, 11) is 0. The SMILES string of the molecule is CC(=O)O[C-](C)ON=O.[Rb+]. The largest absolute Gasteiger partial charge is 1.00 e. The van der Waals surface area contributed by atoms with Gasteiger partial charge in [-0.15, -0.1) is 11.8 Å². The third-order valence-electron chi connectivity index (χ3n) is 0.453. The smallest absolute Gasteiger partial charge is 0.592 e. The van der Waals surface area contributed by atoms with E-state index in [1.807, 2.05) is 5.34 Å². The minimum Gasteiger partial charge on any atom is -0.592 e. The van der Waals surface area contributed by atoms with E-state index in [1.165, 1.54) is 13.8 Å². The zero-order valence-electron chi connectivity index (χ0n) is 6.08. The molecule has 0 aromatic heterocycles. The molecule has 0 aliphatic rings. The molecule has 0 aromatic rings. The summed E-state index contributed by atoms with van der Waals surface area (Å²) in [5, 5.41) is 2.02. The Bertz CT molecular complexity index is 118. The van der Waals surface area contributed by atoms with Gasteiger partial charge in [0.1, 0.15) is 5.34 Å². The van der Waals surface area contributed by atoms with Crippen molar-refractivity contribution in [3.05, 3.63) is 11.2 Å². The molecule has 0 spiro atoms. The molecule has 0 radical (unpaired) electrons. The molecule has 0 amide bonds. The van der Waals surface area contributed by atoms with Gasteiger partial charge >= 0.3 is 58.2 Å². The van der Waals surface area contributed by atoms with E-state index in [-0.39, 0.29) is 64.5 Å². The zero-order chi connectivity index (χ0) is 7.28. The van der Waals surface area contributed by atoms with Crippen molar-refractivity contribution < 1.29 is 72.6 Å². The summed E-state index contributed by atoms with van der Waals surface area (Å²) in [6.45, 7) is 2.50. The van der Waals surface area contributed by atoms with E-state index in [4.69, 9.17) is 0 Å². The number of esters is 1. The fourth-order valence-corrected chi connectivity index (χ4v) is 0.274. The van der Waals surface area contributed by atoms with E-state index in [1.54, 1.807) is 0 Å². The van der Waals surface area contributed by atoms with Crippen LogP contribution < -0.4 is 58.2 Å². The van der Waals surface area contributed by atoms with Crippen molar-refractivity contribution in [2.24, 2.45) is 5.34 Å². The summed E-state index contributed by atoms with van der Waals surface area (Å²) in [5.74, 6) is -0.545. The minimum absolute atomic E-state index is 0. The molecule has 0 N–H and O–H groups in total. The van der Waals surface area contributed by atoms with Crippen molar-refractivity contribution in [2.75, 3.05) is 0 Å². The van der Waals surface area contributed by atoms with Crippen LogP contribution in [0.2, 0.25) is 0 Å². The predicted octanol–water partition coefficient (Wildman–Crippen LogP) is -2.24. The van der Waals surface area contributed by atoms with Gasteiger partial charge in [-0.25, -0.2) is 0 Å². The summed E-state index contributed by atoms with van der Waals surface area (Å²) in [6, 6.07) is 0. The number of nitrogens with zero attached hydrogens (tertiary/aromatic N) is 1. The Morgan fingerprint density at radius 3 is 2.40 bits per heavy atom. The third kappa shape index (κ3) is 8.68. The Balaban J connectivity index is 0. The Kier molecular flexibility index (Phi) is 10.3. The van der Waals surface area contributed by atoms with Crippen LogP contribution in [0.3, 0.4) is 0 Å². The van der Waals surface area contributed by atoms with Gasteiger partial charge in [0.25, 0.3) is 5.97 Å². The molecule has 52 valence electrons. The van der Waals surface area contributed by atoms with Crippen molar-refractivity contribution in [1.82, 2.24) is 0 Å². The normalized spacial score (nSPS) is 7.90. The van der Waals surface area contributed by atoms with Gasteiger partial charge in [0, 0.05) is 13.2 Å². The quantitative estimate of drug-likeness (QED) is 0.232. The maximum atomic E-state index is 10.1. The first-order valence-corrected chi connectivity index (χ1v) is 2.18. The van der Waals surface area contributed by atoms with Gasteiger partial charge in [-0.1, -0.05) is 0 Å². The minimum atomic E-state index is -0.545. The number of rotatable bonds is 3. The molecule has 6 heteroatoms. The predicted molar refractivity (Wildman–Crippen MR) is 27.6 cm³/mol. The molecule has 10 heavy (non-hydrogen) atoms. The Morgan fingerprint density at radius 2 is 2.10 bits per heavy atom. The summed E-state index contributed by atoms with van der Waals surface area (Å²) in [5.41, 5.74) is 0. The first-order valence-electron chi connectivity index (χ1n) is 2.18. The fraction of sp³-hybridized carbons (Fsp3) is 0.500. The van der Waals surface area contributed by atoms with Crippen LogP contribution in [-0.2, 0) is 14.4 Å². The molecule has 0 rings (SSSR count). The first-order chi connectivity index (χ1) is 4.16. The molecule has 0 bridgehead atoms. The Morgan fingerprint density at radius 1 is 1.60 bits per heavy atom. The number of carbonyl (C=O) groups excluding carboxylic acids is 1. The molecule has 0 heterocycles. The van der Waals surface area contributed by atoms with Crippen molar-refractivity contribution in [1.29, 1.82) is 0 Å². The van der Waals surface area contributed by atoms with Crippen molar-refractivity contribution in [2.45, 2.75) is 13.8 Å². The van der Waals surface area contributed by atoms with Crippen LogP contribution in [0.15, 0.2) is 5.34 Å². The topological polar surface area (TPSA) is 65.0 Å². The zero-order valence-corrected chi connectivity index (χ0v) is 11.0. The van der Waals surface area contributed by atoms with E-state index in [2.05, 4.69) is 9.57 Å². The number of ether oxygens (including phenoxy) is 1. The summed E-state index contributed by atoms with van der Waals surface area (Å²) in [6.07, 6.45) is -0.169. The standard InChI is InChI=1S/C4H6NO4.Rb/c1-3(6)8-4(2)9-5-7;/h1-2H3;/q-1;+1. The molecule has 0 fully saturated rings. The van der Waals surface area contributed by atoms with Gasteiger partial charge in [0.15, 0.2) is 0 Å². The molecule has 0 unspecified atom stereocenters. The second-order valence-corrected chi connectivity index (χ2v) is 1.25. The first kappa shape index (κ1) is 13.3. The van der Waals surface area contributed by atoms with Gasteiger partial charge in [0.2, 0.25) is 0 Å². The maximum absolute atomic E-state index is 10.1. The van der Waals surface area contributed by atoms with Gasteiger partial charge in [-0.3, -0.25) is 4.79 Å². The summed E-state index contributed by atoms with van der Waals surface area (Å²) < 4.78 is 4.25. The average Bonchev–Trinajstić information content (AvgIpc) is 1.63. The molecule has 0 aliphatic heterocycles. The fourth-order valence-electron chi connectivity index (χ4n) is 0.274. The molecule has 0 aromatic carbocycles. The maximum Gasteiger partial charge on any atom is 1.00 e. The molecule has 0 aliphatic carbocycles. The molecular weight excluding hydrogens is 212 g/mol. The Hall–Kier alpha value is 0.675. The van der Waals surface area contributed by atoms with Gasteiger partial charge in [0.05, 0.1) is 0 Å². The van der Waals surface area contributed by atoms with Crippen LogP contribution >= 0.6 is 0 Å². The molecule has 0 atom stereocenters. The van der Waals surface area contributed by atoms with Gasteiger partial charge in [-0.05, 0) is 0 Å². The third-order valence-corrected chi connectivity index (χ3v) is 0.453. The van der Waals surface area contributed by atoms with E-state index in [0.29, 0.717) is 0 Å². The Labute approximate surface area is 107 Å². The van der Waals surface area contributed by atoms with Gasteiger partial charge in [-0.2, -0.15) is 0 Å². The van der Waals surface area contributed by atoms with Crippen LogP contribution in [0.25, 0.3) is 0 Å². The second-order valence-electron chi connectivity index (χ2n) is 1.25. The van der Waals surface area contributed by atoms with Crippen LogP contribution in [0.5, 0.6) is 0 Å². The second kappa shape index (κ2) is 7.78. The molecular formula is C4H6NO4Rb. The van der Waals surface area contributed by atoms with E-state index in [0.717, 1.165) is 0 Å². The van der Waals surface area contributed by atoms with Crippen LogP contribution in [0.4, 0.5) is 0 Å².